The van der Waals surface area contributed by atoms with E-state index in [2.05, 4.69) is 15.3 Å². The number of aromatic nitrogens is 2. The number of phenolic OH excluding ortho intramolecular Hbond substituents is 1. The summed E-state index contributed by atoms with van der Waals surface area (Å²) in [5, 5.41) is 13.2. The fourth-order valence-electron chi connectivity index (χ4n) is 1.54. The van der Waals surface area contributed by atoms with Gasteiger partial charge in [-0.3, -0.25) is 0 Å². The van der Waals surface area contributed by atoms with Crippen molar-refractivity contribution in [2.75, 3.05) is 5.32 Å². The fourth-order valence-corrected chi connectivity index (χ4v) is 2.22. The van der Waals surface area contributed by atoms with E-state index in [-0.39, 0.29) is 21.7 Å². The largest absolute Gasteiger partial charge is 0.505 e. The molecule has 0 unspecified atom stereocenters. The van der Waals surface area contributed by atoms with E-state index in [0.29, 0.717) is 22.5 Å². The molecule has 2 rings (SSSR count). The average Bonchev–Trinajstić information content (AvgIpc) is 2.35. The van der Waals surface area contributed by atoms with Crippen LogP contribution in [0.1, 0.15) is 25.6 Å². The number of rotatable bonds is 3. The summed E-state index contributed by atoms with van der Waals surface area (Å²) in [5.41, 5.74) is 0.599. The Hall–Kier alpha value is -1.23. The van der Waals surface area contributed by atoms with E-state index in [0.717, 1.165) is 0 Å². The minimum atomic E-state index is -0.150. The van der Waals surface area contributed by atoms with Crippen molar-refractivity contribution in [2.24, 2.45) is 0 Å². The molecule has 106 valence electrons. The van der Waals surface area contributed by atoms with Gasteiger partial charge in [-0.15, -0.1) is 0 Å². The van der Waals surface area contributed by atoms with Gasteiger partial charge in [0.15, 0.2) is 5.75 Å². The SMILES string of the molecule is CC(C)c1nc(Cl)cc(Nc2cc(Cl)c(O)c(Cl)c2)n1. The van der Waals surface area contributed by atoms with Gasteiger partial charge >= 0.3 is 0 Å². The Morgan fingerprint density at radius 3 is 2.20 bits per heavy atom. The van der Waals surface area contributed by atoms with Crippen molar-refractivity contribution in [2.45, 2.75) is 19.8 Å². The van der Waals surface area contributed by atoms with Crippen LogP contribution in [0.4, 0.5) is 11.5 Å². The highest BCUT2D eigenvalue weighted by atomic mass is 35.5. The third-order valence-electron chi connectivity index (χ3n) is 2.52. The Morgan fingerprint density at radius 2 is 1.65 bits per heavy atom. The van der Waals surface area contributed by atoms with Gasteiger partial charge in [-0.05, 0) is 12.1 Å². The Labute approximate surface area is 131 Å². The number of hydrogen-bond acceptors (Lipinski definition) is 4. The maximum absolute atomic E-state index is 9.52. The van der Waals surface area contributed by atoms with Crippen LogP contribution in [0.3, 0.4) is 0 Å². The van der Waals surface area contributed by atoms with Gasteiger partial charge in [0.05, 0.1) is 10.0 Å². The van der Waals surface area contributed by atoms with Crippen LogP contribution in [-0.2, 0) is 0 Å². The summed E-state index contributed by atoms with van der Waals surface area (Å²) in [6.45, 7) is 3.95. The van der Waals surface area contributed by atoms with Crippen molar-refractivity contribution in [1.29, 1.82) is 0 Å². The maximum Gasteiger partial charge on any atom is 0.152 e. The first-order chi connectivity index (χ1) is 9.36. The van der Waals surface area contributed by atoms with E-state index in [1.54, 1.807) is 18.2 Å². The van der Waals surface area contributed by atoms with Crippen LogP contribution in [0, 0.1) is 0 Å². The second kappa shape index (κ2) is 6.04. The van der Waals surface area contributed by atoms with E-state index in [1.165, 1.54) is 0 Å². The third-order valence-corrected chi connectivity index (χ3v) is 3.29. The van der Waals surface area contributed by atoms with Gasteiger partial charge in [0.1, 0.15) is 16.8 Å². The lowest BCUT2D eigenvalue weighted by Crippen LogP contribution is -2.02. The smallest absolute Gasteiger partial charge is 0.152 e. The highest BCUT2D eigenvalue weighted by Crippen LogP contribution is 2.35. The van der Waals surface area contributed by atoms with Crippen molar-refractivity contribution in [1.82, 2.24) is 9.97 Å². The molecule has 4 nitrogen and oxygen atoms in total. The van der Waals surface area contributed by atoms with E-state index in [9.17, 15) is 5.11 Å². The van der Waals surface area contributed by atoms with Gasteiger partial charge in [-0.1, -0.05) is 48.7 Å². The Morgan fingerprint density at radius 1 is 1.05 bits per heavy atom. The molecule has 1 aromatic carbocycles. The molecule has 0 fully saturated rings. The van der Waals surface area contributed by atoms with Crippen LogP contribution in [0.25, 0.3) is 0 Å². The number of phenols is 1. The summed E-state index contributed by atoms with van der Waals surface area (Å²) >= 11 is 17.7. The summed E-state index contributed by atoms with van der Waals surface area (Å²) in [6.07, 6.45) is 0. The van der Waals surface area contributed by atoms with Crippen molar-refractivity contribution in [3.8, 4) is 5.75 Å². The van der Waals surface area contributed by atoms with Crippen LogP contribution in [0.5, 0.6) is 5.75 Å². The van der Waals surface area contributed by atoms with Gasteiger partial charge in [0, 0.05) is 17.7 Å². The van der Waals surface area contributed by atoms with Crippen molar-refractivity contribution in [3.05, 3.63) is 39.2 Å². The van der Waals surface area contributed by atoms with Gasteiger partial charge in [-0.2, -0.15) is 0 Å². The summed E-state index contributed by atoms with van der Waals surface area (Å²) in [6, 6.07) is 4.70. The molecule has 20 heavy (non-hydrogen) atoms. The molecule has 2 aromatic rings. The molecule has 0 spiro atoms. The second-order valence-corrected chi connectivity index (χ2v) is 5.70. The van der Waals surface area contributed by atoms with Crippen LogP contribution in [-0.4, -0.2) is 15.1 Å². The molecule has 0 bridgehead atoms. The monoisotopic (exact) mass is 331 g/mol. The maximum atomic E-state index is 9.52. The fraction of sp³-hybridized carbons (Fsp3) is 0.231. The number of aromatic hydroxyl groups is 1. The van der Waals surface area contributed by atoms with E-state index in [4.69, 9.17) is 34.8 Å². The quantitative estimate of drug-likeness (QED) is 0.613. The predicted molar refractivity (Wildman–Crippen MR) is 82.5 cm³/mol. The van der Waals surface area contributed by atoms with Crippen LogP contribution in [0.15, 0.2) is 18.2 Å². The molecule has 0 amide bonds. The van der Waals surface area contributed by atoms with Gasteiger partial charge in [0.2, 0.25) is 0 Å². The lowest BCUT2D eigenvalue weighted by atomic mass is 10.2. The molecule has 0 saturated carbocycles. The zero-order valence-electron chi connectivity index (χ0n) is 10.8. The zero-order valence-corrected chi connectivity index (χ0v) is 13.1. The molecule has 0 saturated heterocycles. The highest BCUT2D eigenvalue weighted by molar-refractivity contribution is 6.37. The van der Waals surface area contributed by atoms with E-state index >= 15 is 0 Å². The number of anilines is 2. The minimum absolute atomic E-state index is 0.150. The van der Waals surface area contributed by atoms with Crippen molar-refractivity contribution in [3.63, 3.8) is 0 Å². The first kappa shape index (κ1) is 15.2. The van der Waals surface area contributed by atoms with Crippen molar-refractivity contribution >= 4 is 46.3 Å². The number of benzene rings is 1. The Kier molecular flexibility index (Phi) is 4.58. The van der Waals surface area contributed by atoms with Gasteiger partial charge in [0.25, 0.3) is 0 Å². The number of hydrogen-bond donors (Lipinski definition) is 2. The molecule has 0 aliphatic heterocycles. The lowest BCUT2D eigenvalue weighted by Gasteiger charge is -2.11. The van der Waals surface area contributed by atoms with Crippen LogP contribution >= 0.6 is 34.8 Å². The first-order valence-corrected chi connectivity index (χ1v) is 6.99. The number of nitrogens with one attached hydrogen (secondary N) is 1. The molecule has 2 N–H and O–H groups in total. The second-order valence-electron chi connectivity index (χ2n) is 4.50. The van der Waals surface area contributed by atoms with E-state index < -0.39 is 0 Å². The molecular weight excluding hydrogens is 321 g/mol. The molecule has 0 aliphatic rings. The first-order valence-electron chi connectivity index (χ1n) is 5.86. The summed E-state index contributed by atoms with van der Waals surface area (Å²) in [5.74, 6) is 1.17. The molecule has 7 heteroatoms. The molecule has 1 heterocycles. The molecule has 0 atom stereocenters. The minimum Gasteiger partial charge on any atom is -0.505 e. The summed E-state index contributed by atoms with van der Waals surface area (Å²) in [7, 11) is 0. The Balaban J connectivity index is 2.35. The van der Waals surface area contributed by atoms with Gasteiger partial charge in [-0.25, -0.2) is 9.97 Å². The highest BCUT2D eigenvalue weighted by Gasteiger charge is 2.10. The topological polar surface area (TPSA) is 58.0 Å². The lowest BCUT2D eigenvalue weighted by molar-refractivity contribution is 0.476. The van der Waals surface area contributed by atoms with Crippen molar-refractivity contribution < 1.29 is 5.11 Å². The molecule has 1 aromatic heterocycles. The standard InChI is InChI=1S/C13H12Cl3N3O/c1-6(2)13-18-10(16)5-11(19-13)17-7-3-8(14)12(20)9(15)4-7/h3-6,20H,1-2H3,(H,17,18,19). The molecule has 0 aliphatic carbocycles. The van der Waals surface area contributed by atoms with E-state index in [1.807, 2.05) is 13.8 Å². The number of halogens is 3. The van der Waals surface area contributed by atoms with Crippen LogP contribution < -0.4 is 5.32 Å². The van der Waals surface area contributed by atoms with Gasteiger partial charge < -0.3 is 10.4 Å². The predicted octanol–water partition coefficient (Wildman–Crippen LogP) is 5.01. The van der Waals surface area contributed by atoms with Crippen LogP contribution in [0.2, 0.25) is 15.2 Å². The number of nitrogens with zero attached hydrogens (tertiary/aromatic N) is 2. The molecular formula is C13H12Cl3N3O. The molecule has 0 radical (unpaired) electrons. The summed E-state index contributed by atoms with van der Waals surface area (Å²) in [4.78, 5) is 8.50. The Bertz CT molecular complexity index is 624. The third kappa shape index (κ3) is 3.45. The normalized spacial score (nSPS) is 10.9. The average molecular weight is 333 g/mol. The zero-order chi connectivity index (χ0) is 14.9. The summed E-state index contributed by atoms with van der Waals surface area (Å²) < 4.78 is 0.